The summed E-state index contributed by atoms with van der Waals surface area (Å²) in [5.41, 5.74) is 2.43. The number of carbonyl (C=O) groups is 3. The molecule has 6 rings (SSSR count). The average Bonchev–Trinajstić information content (AvgIpc) is 3.69. The number of ether oxygens (including phenoxy) is 5. The second kappa shape index (κ2) is 12.6. The number of nitrogens with one attached hydrogen (secondary N) is 2. The maximum Gasteiger partial charge on any atom is 0.407 e. The van der Waals surface area contributed by atoms with E-state index in [9.17, 15) is 14.4 Å². The number of Topliss-reactive ketones (excluding diaryl/α,β-unsaturated/α-hetero) is 1. The molecule has 2 aromatic carbocycles. The van der Waals surface area contributed by atoms with E-state index >= 15 is 0 Å². The molecule has 234 valence electrons. The molecule has 2 aliphatic rings. The first-order chi connectivity index (χ1) is 21.7. The molecule has 0 spiro atoms. The molecule has 0 aliphatic carbocycles. The van der Waals surface area contributed by atoms with Crippen LogP contribution in [0.25, 0.3) is 11.2 Å². The van der Waals surface area contributed by atoms with Gasteiger partial charge < -0.3 is 34.3 Å². The Kier molecular flexibility index (Phi) is 8.43. The van der Waals surface area contributed by atoms with Gasteiger partial charge in [0, 0.05) is 6.54 Å². The fourth-order valence-electron chi connectivity index (χ4n) is 5.19. The monoisotopic (exact) mass is 616 g/mol. The van der Waals surface area contributed by atoms with Crippen LogP contribution in [-0.4, -0.2) is 74.6 Å². The van der Waals surface area contributed by atoms with E-state index in [2.05, 4.69) is 25.6 Å². The van der Waals surface area contributed by atoms with Gasteiger partial charge >= 0.3 is 12.1 Å². The zero-order chi connectivity index (χ0) is 31.6. The Balaban J connectivity index is 1.13. The molecule has 4 aromatic rings. The number of hydrogen-bond acceptors (Lipinski definition) is 12. The van der Waals surface area contributed by atoms with Crippen molar-refractivity contribution < 1.29 is 38.1 Å². The summed E-state index contributed by atoms with van der Waals surface area (Å²) >= 11 is 0. The van der Waals surface area contributed by atoms with Crippen molar-refractivity contribution in [1.82, 2.24) is 24.8 Å². The number of aromatic nitrogens is 4. The van der Waals surface area contributed by atoms with Crippen LogP contribution in [0.4, 0.5) is 10.6 Å². The molecule has 4 heterocycles. The fourth-order valence-corrected chi connectivity index (χ4v) is 5.19. The molecule has 2 aliphatic heterocycles. The highest BCUT2D eigenvalue weighted by molar-refractivity contribution is 5.91. The van der Waals surface area contributed by atoms with Crippen LogP contribution >= 0.6 is 0 Å². The minimum absolute atomic E-state index is 0.112. The summed E-state index contributed by atoms with van der Waals surface area (Å²) in [5, 5.41) is 5.69. The van der Waals surface area contributed by atoms with Crippen molar-refractivity contribution in [3.05, 3.63) is 78.4 Å². The zero-order valence-corrected chi connectivity index (χ0v) is 24.8. The number of anilines is 1. The fraction of sp³-hybridized carbons (Fsp3) is 0.355. The summed E-state index contributed by atoms with van der Waals surface area (Å²) in [4.78, 5) is 48.9. The van der Waals surface area contributed by atoms with Gasteiger partial charge in [0.15, 0.2) is 29.0 Å². The largest absolute Gasteiger partial charge is 0.447 e. The van der Waals surface area contributed by atoms with Crippen molar-refractivity contribution in [3.63, 3.8) is 0 Å². The van der Waals surface area contributed by atoms with Crippen LogP contribution < -0.4 is 15.4 Å². The normalized spacial score (nSPS) is 21.7. The van der Waals surface area contributed by atoms with Gasteiger partial charge in [-0.25, -0.2) is 24.5 Å². The van der Waals surface area contributed by atoms with Crippen LogP contribution in [0, 0.1) is 0 Å². The number of rotatable bonds is 10. The van der Waals surface area contributed by atoms with Gasteiger partial charge in [-0.15, -0.1) is 0 Å². The topological polar surface area (TPSA) is 165 Å². The number of nitrogens with zero attached hydrogens (tertiary/aromatic N) is 4. The van der Waals surface area contributed by atoms with Crippen molar-refractivity contribution in [2.45, 2.75) is 57.6 Å². The molecule has 1 unspecified atom stereocenters. The predicted molar refractivity (Wildman–Crippen MR) is 158 cm³/mol. The van der Waals surface area contributed by atoms with Gasteiger partial charge in [0.05, 0.1) is 18.4 Å². The van der Waals surface area contributed by atoms with Gasteiger partial charge in [0.1, 0.15) is 42.8 Å². The Bertz CT molecular complexity index is 1690. The minimum atomic E-state index is -0.889. The van der Waals surface area contributed by atoms with Crippen LogP contribution in [0.1, 0.15) is 42.9 Å². The molecule has 2 N–H and O–H groups in total. The lowest BCUT2D eigenvalue weighted by molar-refractivity contribution is -0.199. The standard InChI is InChI=1S/C31H32N6O8/c1-18(38)13-33-30(40)41-15-22-24-25(45-31(2,3)44-24)28(43-22)37-17-36-23-26(34-16-35-27(23)37)32-14-19-9-11-21(12-10-19)42-29(39)20-7-5-4-6-8-20/h4-12,16-17,22,24-25,28H,13-15H2,1-3H3,(H,33,40)(H,32,34,35)/t22-,24?,25+,28-/m1/s1. The van der Waals surface area contributed by atoms with Crippen LogP contribution in [0.15, 0.2) is 67.3 Å². The number of imidazole rings is 1. The zero-order valence-electron chi connectivity index (χ0n) is 24.8. The van der Waals surface area contributed by atoms with Crippen molar-refractivity contribution in [2.75, 3.05) is 18.5 Å². The lowest BCUT2D eigenvalue weighted by Crippen LogP contribution is -2.36. The number of amides is 1. The molecule has 14 heteroatoms. The van der Waals surface area contributed by atoms with Crippen LogP contribution in [-0.2, 0) is 30.3 Å². The molecule has 14 nitrogen and oxygen atoms in total. The molecule has 4 atom stereocenters. The molecule has 2 saturated heterocycles. The molecule has 2 fully saturated rings. The average molecular weight is 617 g/mol. The third-order valence-corrected chi connectivity index (χ3v) is 7.22. The van der Waals surface area contributed by atoms with E-state index < -0.39 is 42.4 Å². The lowest BCUT2D eigenvalue weighted by atomic mass is 10.1. The number of ketones is 1. The first-order valence-corrected chi connectivity index (χ1v) is 14.4. The van der Waals surface area contributed by atoms with E-state index in [0.717, 1.165) is 5.56 Å². The summed E-state index contributed by atoms with van der Waals surface area (Å²) in [7, 11) is 0. The number of carbonyl (C=O) groups excluding carboxylic acids is 3. The number of hydrogen-bond donors (Lipinski definition) is 2. The Hall–Kier alpha value is -4.92. The first-order valence-electron chi connectivity index (χ1n) is 14.4. The number of alkyl carbamates (subject to hydrolysis) is 1. The Labute approximate surface area is 258 Å². The summed E-state index contributed by atoms with van der Waals surface area (Å²) in [6, 6.07) is 16.0. The number of fused-ring (bicyclic) bond motifs is 2. The van der Waals surface area contributed by atoms with E-state index in [1.807, 2.05) is 18.2 Å². The lowest BCUT2D eigenvalue weighted by Gasteiger charge is -2.24. The van der Waals surface area contributed by atoms with Crippen molar-refractivity contribution in [3.8, 4) is 5.75 Å². The quantitative estimate of drug-likeness (QED) is 0.197. The highest BCUT2D eigenvalue weighted by Crippen LogP contribution is 2.44. The van der Waals surface area contributed by atoms with E-state index in [-0.39, 0.29) is 18.9 Å². The van der Waals surface area contributed by atoms with Gasteiger partial charge in [-0.1, -0.05) is 30.3 Å². The van der Waals surface area contributed by atoms with Gasteiger partial charge in [-0.05, 0) is 50.6 Å². The van der Waals surface area contributed by atoms with Gasteiger partial charge in [0.2, 0.25) is 0 Å². The molecule has 2 aromatic heterocycles. The summed E-state index contributed by atoms with van der Waals surface area (Å²) in [5.74, 6) is -0.558. The molecule has 45 heavy (non-hydrogen) atoms. The maximum atomic E-state index is 12.3. The van der Waals surface area contributed by atoms with Crippen LogP contribution in [0.5, 0.6) is 5.75 Å². The predicted octanol–water partition coefficient (Wildman–Crippen LogP) is 3.39. The van der Waals surface area contributed by atoms with E-state index in [0.29, 0.717) is 34.8 Å². The third kappa shape index (κ3) is 6.77. The van der Waals surface area contributed by atoms with Gasteiger partial charge in [-0.3, -0.25) is 9.36 Å². The van der Waals surface area contributed by atoms with E-state index in [4.69, 9.17) is 23.7 Å². The second-order valence-electron chi connectivity index (χ2n) is 11.1. The molecular formula is C31H32N6O8. The van der Waals surface area contributed by atoms with Crippen LogP contribution in [0.3, 0.4) is 0 Å². The molecule has 0 saturated carbocycles. The van der Waals surface area contributed by atoms with Crippen LogP contribution in [0.2, 0.25) is 0 Å². The Morgan fingerprint density at radius 1 is 0.978 bits per heavy atom. The summed E-state index contributed by atoms with van der Waals surface area (Å²) < 4.78 is 31.1. The minimum Gasteiger partial charge on any atom is -0.447 e. The molecule has 0 radical (unpaired) electrons. The van der Waals surface area contributed by atoms with Crippen molar-refractivity contribution in [2.24, 2.45) is 0 Å². The number of benzene rings is 2. The maximum absolute atomic E-state index is 12.3. The first kappa shape index (κ1) is 30.1. The highest BCUT2D eigenvalue weighted by atomic mass is 16.8. The third-order valence-electron chi connectivity index (χ3n) is 7.22. The van der Waals surface area contributed by atoms with E-state index in [1.54, 1.807) is 61.1 Å². The van der Waals surface area contributed by atoms with E-state index in [1.165, 1.54) is 13.3 Å². The smallest absolute Gasteiger partial charge is 0.407 e. The SMILES string of the molecule is CC(=O)CNC(=O)OC[C@H]1O[C@@H](n2cnc3c(NCc4ccc(OC(=O)c5ccccc5)cc4)ncnc32)[C@H]2OC(C)(C)OC12. The highest BCUT2D eigenvalue weighted by Gasteiger charge is 2.56. The Morgan fingerprint density at radius 3 is 2.49 bits per heavy atom. The molecule has 1 amide bonds. The molecular weight excluding hydrogens is 584 g/mol. The molecule has 0 bridgehead atoms. The van der Waals surface area contributed by atoms with Gasteiger partial charge in [0.25, 0.3) is 0 Å². The second-order valence-corrected chi connectivity index (χ2v) is 11.1. The Morgan fingerprint density at radius 2 is 1.73 bits per heavy atom. The van der Waals surface area contributed by atoms with Crippen molar-refractivity contribution >= 4 is 34.8 Å². The summed E-state index contributed by atoms with van der Waals surface area (Å²) in [6.45, 7) is 5.16. The van der Waals surface area contributed by atoms with Crippen molar-refractivity contribution in [1.29, 1.82) is 0 Å². The summed E-state index contributed by atoms with van der Waals surface area (Å²) in [6.07, 6.45) is -0.0890. The van der Waals surface area contributed by atoms with Gasteiger partial charge in [-0.2, -0.15) is 0 Å². The number of esters is 1.